The molecule has 0 bridgehead atoms. The van der Waals surface area contributed by atoms with E-state index in [-0.39, 0.29) is 6.54 Å². The monoisotopic (exact) mass is 228 g/mol. The number of nitrogens with zero attached hydrogens (tertiary/aromatic N) is 1. The van der Waals surface area contributed by atoms with Gasteiger partial charge in [-0.3, -0.25) is 0 Å². The Morgan fingerprint density at radius 2 is 2.20 bits per heavy atom. The SMILES string of the molecule is Cc1ccc2c(c1)[nH]c(=S)n2CC(F)F. The van der Waals surface area contributed by atoms with Crippen molar-refractivity contribution >= 4 is 23.3 Å². The van der Waals surface area contributed by atoms with Crippen LogP contribution in [0.4, 0.5) is 8.78 Å². The van der Waals surface area contributed by atoms with Gasteiger partial charge in [0.15, 0.2) is 4.77 Å². The van der Waals surface area contributed by atoms with Crippen molar-refractivity contribution in [3.05, 3.63) is 28.5 Å². The third kappa shape index (κ3) is 1.92. The van der Waals surface area contributed by atoms with Gasteiger partial charge in [0, 0.05) is 0 Å². The van der Waals surface area contributed by atoms with Crippen molar-refractivity contribution in [3.8, 4) is 0 Å². The average molecular weight is 228 g/mol. The Labute approximate surface area is 90.5 Å². The first-order chi connectivity index (χ1) is 7.08. The lowest BCUT2D eigenvalue weighted by Crippen LogP contribution is -2.06. The van der Waals surface area contributed by atoms with Gasteiger partial charge < -0.3 is 9.55 Å². The minimum Gasteiger partial charge on any atom is -0.331 e. The molecule has 2 nitrogen and oxygen atoms in total. The summed E-state index contributed by atoms with van der Waals surface area (Å²) in [7, 11) is 0. The maximum atomic E-state index is 12.3. The largest absolute Gasteiger partial charge is 0.331 e. The summed E-state index contributed by atoms with van der Waals surface area (Å²) in [5.74, 6) is 0. The number of hydrogen-bond donors (Lipinski definition) is 1. The molecule has 0 spiro atoms. The topological polar surface area (TPSA) is 20.7 Å². The summed E-state index contributed by atoms with van der Waals surface area (Å²) < 4.78 is 26.4. The molecule has 0 unspecified atom stereocenters. The molecule has 0 aliphatic rings. The second kappa shape index (κ2) is 3.73. The highest BCUT2D eigenvalue weighted by molar-refractivity contribution is 7.71. The highest BCUT2D eigenvalue weighted by Crippen LogP contribution is 2.16. The zero-order valence-electron chi connectivity index (χ0n) is 8.13. The number of hydrogen-bond acceptors (Lipinski definition) is 1. The van der Waals surface area contributed by atoms with E-state index >= 15 is 0 Å². The third-order valence-corrected chi connectivity index (χ3v) is 2.57. The number of aromatic amines is 1. The zero-order chi connectivity index (χ0) is 11.0. The van der Waals surface area contributed by atoms with Crippen molar-refractivity contribution < 1.29 is 8.78 Å². The third-order valence-electron chi connectivity index (χ3n) is 2.25. The average Bonchev–Trinajstić information content (AvgIpc) is 2.41. The maximum Gasteiger partial charge on any atom is 0.256 e. The van der Waals surface area contributed by atoms with Crippen LogP contribution in [-0.4, -0.2) is 16.0 Å². The number of nitrogens with one attached hydrogen (secondary N) is 1. The lowest BCUT2D eigenvalue weighted by Gasteiger charge is -2.02. The highest BCUT2D eigenvalue weighted by atomic mass is 32.1. The van der Waals surface area contributed by atoms with E-state index in [0.717, 1.165) is 16.6 Å². The zero-order valence-corrected chi connectivity index (χ0v) is 8.94. The second-order valence-electron chi connectivity index (χ2n) is 3.45. The maximum absolute atomic E-state index is 12.3. The van der Waals surface area contributed by atoms with Crippen molar-refractivity contribution in [3.63, 3.8) is 0 Å². The molecule has 15 heavy (non-hydrogen) atoms. The van der Waals surface area contributed by atoms with E-state index in [0.29, 0.717) is 4.77 Å². The van der Waals surface area contributed by atoms with Gasteiger partial charge >= 0.3 is 0 Å². The smallest absolute Gasteiger partial charge is 0.256 e. The fourth-order valence-corrected chi connectivity index (χ4v) is 1.88. The molecular weight excluding hydrogens is 218 g/mol. The van der Waals surface area contributed by atoms with Gasteiger partial charge in [0.05, 0.1) is 17.6 Å². The van der Waals surface area contributed by atoms with Crippen LogP contribution in [0, 0.1) is 11.7 Å². The Morgan fingerprint density at radius 3 is 2.87 bits per heavy atom. The molecule has 5 heteroatoms. The number of aryl methyl sites for hydroxylation is 1. The van der Waals surface area contributed by atoms with Gasteiger partial charge in [0.1, 0.15) is 0 Å². The molecule has 0 amide bonds. The highest BCUT2D eigenvalue weighted by Gasteiger charge is 2.09. The van der Waals surface area contributed by atoms with Crippen LogP contribution in [0.2, 0.25) is 0 Å². The molecule has 2 aromatic rings. The molecule has 0 fully saturated rings. The van der Waals surface area contributed by atoms with Crippen molar-refractivity contribution in [2.45, 2.75) is 19.9 Å². The Bertz CT molecular complexity index is 542. The lowest BCUT2D eigenvalue weighted by atomic mass is 10.2. The number of rotatable bonds is 2. The van der Waals surface area contributed by atoms with Crippen LogP contribution in [0.1, 0.15) is 5.56 Å². The fourth-order valence-electron chi connectivity index (χ4n) is 1.60. The van der Waals surface area contributed by atoms with Crippen LogP contribution < -0.4 is 0 Å². The molecule has 1 aromatic heterocycles. The van der Waals surface area contributed by atoms with E-state index < -0.39 is 6.43 Å². The number of imidazole rings is 1. The molecule has 1 aromatic carbocycles. The van der Waals surface area contributed by atoms with E-state index in [2.05, 4.69) is 4.98 Å². The van der Waals surface area contributed by atoms with Gasteiger partial charge in [0.25, 0.3) is 6.43 Å². The summed E-state index contributed by atoms with van der Waals surface area (Å²) in [6, 6.07) is 5.58. The van der Waals surface area contributed by atoms with Gasteiger partial charge in [-0.05, 0) is 36.8 Å². The number of H-pyrrole nitrogens is 1. The minimum absolute atomic E-state index is 0.343. The molecule has 1 N–H and O–H groups in total. The number of benzene rings is 1. The van der Waals surface area contributed by atoms with Crippen LogP contribution in [0.5, 0.6) is 0 Å². The lowest BCUT2D eigenvalue weighted by molar-refractivity contribution is 0.127. The Hall–Kier alpha value is -1.23. The first-order valence-electron chi connectivity index (χ1n) is 4.55. The Morgan fingerprint density at radius 1 is 1.47 bits per heavy atom. The Balaban J connectivity index is 2.63. The molecular formula is C10H10F2N2S. The predicted molar refractivity (Wildman–Crippen MR) is 57.9 cm³/mol. The molecule has 0 atom stereocenters. The number of fused-ring (bicyclic) bond motifs is 1. The summed E-state index contributed by atoms with van der Waals surface area (Å²) >= 11 is 4.99. The van der Waals surface area contributed by atoms with E-state index in [9.17, 15) is 8.78 Å². The van der Waals surface area contributed by atoms with Crippen LogP contribution >= 0.6 is 12.2 Å². The molecule has 2 rings (SSSR count). The minimum atomic E-state index is -2.39. The van der Waals surface area contributed by atoms with Crippen LogP contribution in [0.25, 0.3) is 11.0 Å². The number of halogens is 2. The van der Waals surface area contributed by atoms with E-state index in [1.165, 1.54) is 4.57 Å². The molecule has 0 aliphatic heterocycles. The van der Waals surface area contributed by atoms with Gasteiger partial charge in [-0.15, -0.1) is 0 Å². The Kier molecular flexibility index (Phi) is 2.56. The summed E-state index contributed by atoms with van der Waals surface area (Å²) in [5, 5.41) is 0. The van der Waals surface area contributed by atoms with Crippen molar-refractivity contribution in [2.75, 3.05) is 0 Å². The second-order valence-corrected chi connectivity index (χ2v) is 3.84. The molecule has 0 saturated carbocycles. The van der Waals surface area contributed by atoms with Crippen molar-refractivity contribution in [1.29, 1.82) is 0 Å². The number of alkyl halides is 2. The van der Waals surface area contributed by atoms with E-state index in [1.54, 1.807) is 6.07 Å². The molecule has 80 valence electrons. The van der Waals surface area contributed by atoms with E-state index in [1.807, 2.05) is 19.1 Å². The van der Waals surface area contributed by atoms with Gasteiger partial charge in [-0.2, -0.15) is 0 Å². The van der Waals surface area contributed by atoms with Gasteiger partial charge in [0.2, 0.25) is 0 Å². The summed E-state index contributed by atoms with van der Waals surface area (Å²) in [4.78, 5) is 2.92. The normalized spacial score (nSPS) is 11.5. The van der Waals surface area contributed by atoms with Crippen molar-refractivity contribution in [1.82, 2.24) is 9.55 Å². The summed E-state index contributed by atoms with van der Waals surface area (Å²) in [6.45, 7) is 1.59. The van der Waals surface area contributed by atoms with Crippen LogP contribution in [0.3, 0.4) is 0 Å². The first kappa shape index (κ1) is 10.3. The van der Waals surface area contributed by atoms with Gasteiger partial charge in [-0.25, -0.2) is 8.78 Å². The summed E-state index contributed by atoms with van der Waals surface area (Å²) in [5.41, 5.74) is 2.61. The quantitative estimate of drug-likeness (QED) is 0.782. The van der Waals surface area contributed by atoms with Crippen LogP contribution in [-0.2, 0) is 6.54 Å². The van der Waals surface area contributed by atoms with Gasteiger partial charge in [-0.1, -0.05) is 6.07 Å². The molecule has 0 saturated heterocycles. The number of aromatic nitrogens is 2. The predicted octanol–water partition coefficient (Wildman–Crippen LogP) is 3.27. The first-order valence-corrected chi connectivity index (χ1v) is 4.96. The molecule has 1 heterocycles. The van der Waals surface area contributed by atoms with E-state index in [4.69, 9.17) is 12.2 Å². The standard InChI is InChI=1S/C10H10F2N2S/c1-6-2-3-8-7(4-6)13-10(15)14(8)5-9(11)12/h2-4,9H,5H2,1H3,(H,13,15). The van der Waals surface area contributed by atoms with Crippen molar-refractivity contribution in [2.24, 2.45) is 0 Å². The fraction of sp³-hybridized carbons (Fsp3) is 0.300. The van der Waals surface area contributed by atoms with Crippen LogP contribution in [0.15, 0.2) is 18.2 Å². The molecule has 0 aliphatic carbocycles. The summed E-state index contributed by atoms with van der Waals surface area (Å²) in [6.07, 6.45) is -2.39. The molecule has 0 radical (unpaired) electrons.